The lowest BCUT2D eigenvalue weighted by Gasteiger charge is -2.31. The Hall–Kier alpha value is -5.04. The Bertz CT molecular complexity index is 3480. The van der Waals surface area contributed by atoms with Crippen LogP contribution in [-0.4, -0.2) is 166 Å². The summed E-state index contributed by atoms with van der Waals surface area (Å²) in [6.07, 6.45) is 10.6. The highest BCUT2D eigenvalue weighted by molar-refractivity contribution is 7.87. The predicted molar refractivity (Wildman–Crippen MR) is 293 cm³/mol. The zero-order chi connectivity index (χ0) is 58.0. The molecule has 0 radical (unpaired) electrons. The average Bonchev–Trinajstić information content (AvgIpc) is 3.99. The second-order valence-electron chi connectivity index (χ2n) is 19.4. The van der Waals surface area contributed by atoms with E-state index in [1.165, 1.54) is 24.3 Å². The van der Waals surface area contributed by atoms with Gasteiger partial charge in [-0.3, -0.25) is 23.0 Å². The van der Waals surface area contributed by atoms with E-state index < -0.39 is 76.9 Å². The number of unbranched alkanes of at least 4 members (excludes halogenated alkanes) is 2. The highest BCUT2D eigenvalue weighted by Crippen LogP contribution is 2.54. The summed E-state index contributed by atoms with van der Waals surface area (Å²) in [6, 6.07) is 10.0. The number of carbonyl (C=O) groups is 1. The van der Waals surface area contributed by atoms with Crippen molar-refractivity contribution in [3.63, 3.8) is 0 Å². The van der Waals surface area contributed by atoms with Crippen molar-refractivity contribution in [3.8, 4) is 0 Å². The zero-order valence-corrected chi connectivity index (χ0v) is 47.9. The number of hydrogen-bond acceptors (Lipinski definition) is 16. The third-order valence-corrected chi connectivity index (χ3v) is 17.2. The van der Waals surface area contributed by atoms with Crippen LogP contribution in [0, 0.1) is 0 Å². The van der Waals surface area contributed by atoms with Crippen molar-refractivity contribution in [1.82, 2.24) is 0 Å². The molecular weight excluding hydrogens is 1110 g/mol. The zero-order valence-electron chi connectivity index (χ0n) is 44.6. The lowest BCUT2D eigenvalue weighted by molar-refractivity contribution is -0.433. The molecule has 434 valence electrons. The van der Waals surface area contributed by atoms with Gasteiger partial charge >= 0.3 is 5.97 Å². The first-order chi connectivity index (χ1) is 37.2. The molecule has 0 spiro atoms. The first-order valence-electron chi connectivity index (χ1n) is 25.4. The van der Waals surface area contributed by atoms with E-state index in [0.29, 0.717) is 119 Å². The number of carboxylic acid groups (broad SMARTS) is 1. The summed E-state index contributed by atoms with van der Waals surface area (Å²) in [5, 5.41) is 9.69. The standard InChI is InChI=1S/C53H68N2O20S4/c1-6-54-43-18-16-39-41(33-37(76(58,59)60)35-45(39)78(64,65)66)50(43)52(2,3)47(54)13-9-7-10-14-48-53(4,20-22-71-25-26-73-29-30-75-32-31-74-28-27-72-24-23-70-5)51-42-34-38(77(61,62)63)36-46(79(67,68)69)40(42)17-19-44(51)55(48)21-12-8-11-15-49(56)57/h7,9-10,13-14,16-19,33-36H,6,8,11-12,15,20-32H2,1-5H3,(H4-,56,57,58,59,60,61,62,63,64,65,66,67,68,69)/p+1. The molecule has 1 atom stereocenters. The van der Waals surface area contributed by atoms with Crippen LogP contribution in [0.15, 0.2) is 104 Å². The van der Waals surface area contributed by atoms with Gasteiger partial charge in [0.15, 0.2) is 5.71 Å². The fourth-order valence-corrected chi connectivity index (χ4v) is 12.9. The summed E-state index contributed by atoms with van der Waals surface area (Å²) < 4.78 is 177. The molecule has 6 rings (SSSR count). The first-order valence-corrected chi connectivity index (χ1v) is 31.1. The maximum absolute atomic E-state index is 12.9. The molecule has 2 aliphatic rings. The molecule has 26 heteroatoms. The summed E-state index contributed by atoms with van der Waals surface area (Å²) in [4.78, 5) is 10.5. The van der Waals surface area contributed by atoms with E-state index in [1.807, 2.05) is 49.3 Å². The number of fused-ring (bicyclic) bond motifs is 6. The maximum Gasteiger partial charge on any atom is 0.303 e. The summed E-state index contributed by atoms with van der Waals surface area (Å²) in [6.45, 7) is 12.0. The molecule has 0 bridgehead atoms. The summed E-state index contributed by atoms with van der Waals surface area (Å²) in [5.74, 6) is -0.944. The largest absolute Gasteiger partial charge is 0.481 e. The molecule has 0 fully saturated rings. The number of ether oxygens (including phenoxy) is 6. The van der Waals surface area contributed by atoms with E-state index in [1.54, 1.807) is 37.5 Å². The van der Waals surface area contributed by atoms with Crippen molar-refractivity contribution in [3.05, 3.63) is 95.7 Å². The highest BCUT2D eigenvalue weighted by Gasteiger charge is 2.47. The smallest absolute Gasteiger partial charge is 0.303 e. The first kappa shape index (κ1) is 63.1. The van der Waals surface area contributed by atoms with Gasteiger partial charge in [-0.25, -0.2) is 0 Å². The second kappa shape index (κ2) is 26.7. The minimum atomic E-state index is -5.06. The predicted octanol–water partition coefficient (Wildman–Crippen LogP) is 6.91. The molecule has 0 aliphatic carbocycles. The van der Waals surface area contributed by atoms with E-state index in [9.17, 15) is 61.8 Å². The van der Waals surface area contributed by atoms with Crippen LogP contribution in [0.3, 0.4) is 0 Å². The van der Waals surface area contributed by atoms with Gasteiger partial charge in [0.2, 0.25) is 5.69 Å². The van der Waals surface area contributed by atoms with Crippen molar-refractivity contribution in [1.29, 1.82) is 0 Å². The summed E-state index contributed by atoms with van der Waals surface area (Å²) in [5.41, 5.74) is 1.59. The lowest BCUT2D eigenvalue weighted by Crippen LogP contribution is -2.30. The number of aliphatic carboxylic acids is 1. The highest BCUT2D eigenvalue weighted by atomic mass is 32.2. The third-order valence-electron chi connectivity index (χ3n) is 13.8. The van der Waals surface area contributed by atoms with E-state index in [-0.39, 0.29) is 60.8 Å². The van der Waals surface area contributed by atoms with E-state index in [0.717, 1.165) is 5.71 Å². The van der Waals surface area contributed by atoms with Crippen molar-refractivity contribution in [2.75, 3.05) is 97.8 Å². The van der Waals surface area contributed by atoms with Gasteiger partial charge in [0, 0.05) is 72.0 Å². The average molecular weight is 1180 g/mol. The minimum Gasteiger partial charge on any atom is -0.481 e. The molecule has 2 heterocycles. The Morgan fingerprint density at radius 1 is 0.595 bits per heavy atom. The van der Waals surface area contributed by atoms with Crippen LogP contribution in [0.2, 0.25) is 0 Å². The normalized spacial score (nSPS) is 17.4. The Morgan fingerprint density at radius 2 is 1.09 bits per heavy atom. The summed E-state index contributed by atoms with van der Waals surface area (Å²) in [7, 11) is -18.4. The molecule has 0 amide bonds. The number of methoxy groups -OCH3 is 1. The molecule has 0 aromatic heterocycles. The molecule has 4 aromatic carbocycles. The topological polar surface area (TPSA) is 316 Å². The fraction of sp³-hybridized carbons (Fsp3) is 0.472. The molecule has 79 heavy (non-hydrogen) atoms. The van der Waals surface area contributed by atoms with E-state index >= 15 is 0 Å². The minimum absolute atomic E-state index is 0.00931. The number of hydrogen-bond donors (Lipinski definition) is 5. The molecule has 5 N–H and O–H groups in total. The summed E-state index contributed by atoms with van der Waals surface area (Å²) >= 11 is 0. The van der Waals surface area contributed by atoms with Gasteiger partial charge in [0.05, 0.1) is 81.3 Å². The van der Waals surface area contributed by atoms with Gasteiger partial charge in [0.1, 0.15) is 16.3 Å². The molecule has 2 aliphatic heterocycles. The quantitative estimate of drug-likeness (QED) is 0.0143. The van der Waals surface area contributed by atoms with Crippen molar-refractivity contribution in [2.45, 2.75) is 90.2 Å². The SMILES string of the molecule is CC[N+]1=C(C=CC=CC=C2N(CCCCCC(=O)O)c3ccc4c(S(=O)(=O)O)cc(S(=O)(=O)O)cc4c3C2(C)CCOCCOCCOCCOCCOCCOC)C(C)(C)c2c1ccc1c(S(=O)(=O)O)cc(S(=O)(=O)O)cc21. The Labute approximate surface area is 461 Å². The molecular formula is C53H69N2O20S4+. The Kier molecular flexibility index (Phi) is 21.3. The Morgan fingerprint density at radius 3 is 1.57 bits per heavy atom. The van der Waals surface area contributed by atoms with Crippen LogP contribution in [-0.2, 0) is 84.5 Å². The number of allylic oxidation sites excluding steroid dienone is 6. The van der Waals surface area contributed by atoms with Crippen molar-refractivity contribution < 1.29 is 94.8 Å². The molecule has 0 saturated heterocycles. The van der Waals surface area contributed by atoms with Crippen LogP contribution >= 0.6 is 0 Å². The number of benzene rings is 4. The lowest BCUT2D eigenvalue weighted by atomic mass is 9.76. The van der Waals surface area contributed by atoms with E-state index in [2.05, 4.69) is 0 Å². The number of nitrogens with zero attached hydrogens (tertiary/aromatic N) is 2. The maximum atomic E-state index is 12.9. The van der Waals surface area contributed by atoms with Crippen LogP contribution in [0.1, 0.15) is 70.9 Å². The molecule has 1 unspecified atom stereocenters. The van der Waals surface area contributed by atoms with Crippen molar-refractivity contribution in [2.24, 2.45) is 0 Å². The van der Waals surface area contributed by atoms with Crippen molar-refractivity contribution >= 4 is 85.1 Å². The number of rotatable bonds is 32. The van der Waals surface area contributed by atoms with Gasteiger partial charge in [-0.15, -0.1) is 0 Å². The number of carboxylic acids is 1. The van der Waals surface area contributed by atoms with Gasteiger partial charge in [-0.05, 0) is 106 Å². The van der Waals surface area contributed by atoms with Gasteiger partial charge in [0.25, 0.3) is 40.5 Å². The fourth-order valence-electron chi connectivity index (χ4n) is 10.2. The van der Waals surface area contributed by atoms with Gasteiger partial charge in [-0.1, -0.05) is 30.7 Å². The second-order valence-corrected chi connectivity index (χ2v) is 25.0. The van der Waals surface area contributed by atoms with E-state index in [4.69, 9.17) is 28.4 Å². The van der Waals surface area contributed by atoms with Crippen LogP contribution in [0.5, 0.6) is 0 Å². The molecule has 4 aromatic rings. The monoisotopic (exact) mass is 1180 g/mol. The van der Waals surface area contributed by atoms with Gasteiger partial charge < -0.3 is 38.4 Å². The Balaban J connectivity index is 1.33. The van der Waals surface area contributed by atoms with Gasteiger partial charge in [-0.2, -0.15) is 38.2 Å². The third kappa shape index (κ3) is 15.3. The molecule has 22 nitrogen and oxygen atoms in total. The van der Waals surface area contributed by atoms with Crippen LogP contribution in [0.25, 0.3) is 21.5 Å². The molecule has 0 saturated carbocycles. The van der Waals surface area contributed by atoms with Crippen LogP contribution < -0.4 is 4.90 Å². The number of anilines is 1. The van der Waals surface area contributed by atoms with Crippen LogP contribution in [0.4, 0.5) is 11.4 Å².